The van der Waals surface area contributed by atoms with Gasteiger partial charge in [-0.05, 0) is 36.8 Å². The Morgan fingerprint density at radius 3 is 2.71 bits per heavy atom. The van der Waals surface area contributed by atoms with E-state index in [1.807, 2.05) is 31.2 Å². The molecule has 21 heavy (non-hydrogen) atoms. The van der Waals surface area contributed by atoms with E-state index in [4.69, 9.17) is 10.5 Å². The molecule has 108 valence electrons. The molecule has 2 aromatic heterocycles. The van der Waals surface area contributed by atoms with Crippen LogP contribution in [0.2, 0.25) is 0 Å². The average Bonchev–Trinajstić information content (AvgIpc) is 2.87. The third kappa shape index (κ3) is 2.73. The van der Waals surface area contributed by atoms with Gasteiger partial charge in [0.25, 0.3) is 0 Å². The Hall–Kier alpha value is -2.40. The van der Waals surface area contributed by atoms with Crippen molar-refractivity contribution >= 4 is 11.2 Å². The molecule has 5 nitrogen and oxygen atoms in total. The van der Waals surface area contributed by atoms with Gasteiger partial charge in [0.05, 0.1) is 19.7 Å². The van der Waals surface area contributed by atoms with Gasteiger partial charge < -0.3 is 15.0 Å². The van der Waals surface area contributed by atoms with Gasteiger partial charge in [-0.1, -0.05) is 12.1 Å². The van der Waals surface area contributed by atoms with Gasteiger partial charge in [0.15, 0.2) is 5.65 Å². The molecule has 0 aliphatic heterocycles. The topological polar surface area (TPSA) is 66.0 Å². The van der Waals surface area contributed by atoms with Gasteiger partial charge in [0, 0.05) is 6.20 Å². The van der Waals surface area contributed by atoms with Gasteiger partial charge in [-0.25, -0.2) is 9.97 Å². The summed E-state index contributed by atoms with van der Waals surface area (Å²) in [5, 5.41) is 0. The van der Waals surface area contributed by atoms with Crippen molar-refractivity contribution in [3.63, 3.8) is 0 Å². The van der Waals surface area contributed by atoms with Crippen LogP contribution in [0.4, 0.5) is 0 Å². The fourth-order valence-electron chi connectivity index (χ4n) is 2.37. The number of hydrogen-bond acceptors (Lipinski definition) is 4. The molecule has 0 bridgehead atoms. The summed E-state index contributed by atoms with van der Waals surface area (Å²) >= 11 is 0. The molecule has 0 saturated heterocycles. The van der Waals surface area contributed by atoms with E-state index in [1.54, 1.807) is 6.20 Å². The van der Waals surface area contributed by atoms with Gasteiger partial charge in [-0.2, -0.15) is 0 Å². The van der Waals surface area contributed by atoms with Crippen LogP contribution in [-0.4, -0.2) is 21.1 Å². The summed E-state index contributed by atoms with van der Waals surface area (Å²) in [4.78, 5) is 8.94. The zero-order chi connectivity index (χ0) is 14.7. The highest BCUT2D eigenvalue weighted by atomic mass is 16.5. The van der Waals surface area contributed by atoms with E-state index >= 15 is 0 Å². The Bertz CT molecular complexity index is 734. The number of rotatable bonds is 5. The molecule has 3 aromatic rings. The maximum absolute atomic E-state index is 5.80. The van der Waals surface area contributed by atoms with E-state index < -0.39 is 0 Å². The number of hydrogen-bond donors (Lipinski definition) is 1. The minimum absolute atomic E-state index is 0.396. The van der Waals surface area contributed by atoms with Crippen molar-refractivity contribution in [1.82, 2.24) is 14.5 Å². The zero-order valence-electron chi connectivity index (χ0n) is 12.0. The summed E-state index contributed by atoms with van der Waals surface area (Å²) in [7, 11) is 0. The smallest absolute Gasteiger partial charge is 0.160 e. The fraction of sp³-hybridized carbons (Fsp3) is 0.250. The number of imidazole rings is 1. The highest BCUT2D eigenvalue weighted by Crippen LogP contribution is 2.17. The van der Waals surface area contributed by atoms with Crippen LogP contribution in [0, 0.1) is 0 Å². The van der Waals surface area contributed by atoms with E-state index in [2.05, 4.69) is 26.7 Å². The fourth-order valence-corrected chi connectivity index (χ4v) is 2.37. The van der Waals surface area contributed by atoms with Crippen LogP contribution in [0.3, 0.4) is 0 Å². The van der Waals surface area contributed by atoms with Gasteiger partial charge in [-0.3, -0.25) is 0 Å². The van der Waals surface area contributed by atoms with Crippen LogP contribution >= 0.6 is 0 Å². The maximum Gasteiger partial charge on any atom is 0.160 e. The van der Waals surface area contributed by atoms with Crippen LogP contribution in [0.25, 0.3) is 11.2 Å². The van der Waals surface area contributed by atoms with Crippen molar-refractivity contribution in [2.24, 2.45) is 5.73 Å². The molecule has 0 fully saturated rings. The SMILES string of the molecule is CCOc1ccc(Cn2c(CN)nc3cccnc32)cc1. The van der Waals surface area contributed by atoms with E-state index in [1.165, 1.54) is 0 Å². The van der Waals surface area contributed by atoms with E-state index in [0.717, 1.165) is 28.3 Å². The standard InChI is InChI=1S/C16H18N4O/c1-2-21-13-7-5-12(6-8-13)11-20-15(10-17)19-14-4-3-9-18-16(14)20/h3-9H,2,10-11,17H2,1H3. The lowest BCUT2D eigenvalue weighted by atomic mass is 10.2. The molecular weight excluding hydrogens is 264 g/mol. The molecule has 0 unspecified atom stereocenters. The van der Waals surface area contributed by atoms with Crippen LogP contribution in [0.5, 0.6) is 5.75 Å². The van der Waals surface area contributed by atoms with E-state index in [9.17, 15) is 0 Å². The first kappa shape index (κ1) is 13.6. The molecule has 0 radical (unpaired) electrons. The van der Waals surface area contributed by atoms with Crippen molar-refractivity contribution in [2.45, 2.75) is 20.0 Å². The van der Waals surface area contributed by atoms with Gasteiger partial charge >= 0.3 is 0 Å². The third-order valence-electron chi connectivity index (χ3n) is 3.34. The molecule has 0 aliphatic rings. The summed E-state index contributed by atoms with van der Waals surface area (Å²) < 4.78 is 7.52. The predicted octanol–water partition coefficient (Wildman–Crippen LogP) is 2.34. The van der Waals surface area contributed by atoms with Crippen molar-refractivity contribution in [2.75, 3.05) is 6.61 Å². The van der Waals surface area contributed by atoms with Crippen molar-refractivity contribution in [3.05, 3.63) is 54.0 Å². The Labute approximate surface area is 123 Å². The number of benzene rings is 1. The number of ether oxygens (including phenoxy) is 1. The third-order valence-corrected chi connectivity index (χ3v) is 3.34. The summed E-state index contributed by atoms with van der Waals surface area (Å²) in [5.41, 5.74) is 8.71. The van der Waals surface area contributed by atoms with Crippen molar-refractivity contribution < 1.29 is 4.74 Å². The highest BCUT2D eigenvalue weighted by Gasteiger charge is 2.10. The number of nitrogens with two attached hydrogens (primary N) is 1. The lowest BCUT2D eigenvalue weighted by Gasteiger charge is -2.09. The second kappa shape index (κ2) is 5.93. The summed E-state index contributed by atoms with van der Waals surface area (Å²) in [6, 6.07) is 11.9. The van der Waals surface area contributed by atoms with Gasteiger partial charge in [0.1, 0.15) is 17.1 Å². The van der Waals surface area contributed by atoms with Crippen molar-refractivity contribution in [3.8, 4) is 5.75 Å². The lowest BCUT2D eigenvalue weighted by molar-refractivity contribution is 0.340. The lowest BCUT2D eigenvalue weighted by Crippen LogP contribution is -2.09. The largest absolute Gasteiger partial charge is 0.494 e. The Kier molecular flexibility index (Phi) is 3.83. The molecule has 1 aromatic carbocycles. The second-order valence-corrected chi connectivity index (χ2v) is 4.74. The quantitative estimate of drug-likeness (QED) is 0.780. The molecule has 0 aliphatic carbocycles. The monoisotopic (exact) mass is 282 g/mol. The molecular formula is C16H18N4O. The molecule has 2 N–H and O–H groups in total. The van der Waals surface area contributed by atoms with Crippen LogP contribution < -0.4 is 10.5 Å². The number of nitrogens with zero attached hydrogens (tertiary/aromatic N) is 3. The van der Waals surface area contributed by atoms with Gasteiger partial charge in [-0.15, -0.1) is 0 Å². The molecule has 0 atom stereocenters. The second-order valence-electron chi connectivity index (χ2n) is 4.74. The number of aromatic nitrogens is 3. The number of fused-ring (bicyclic) bond motifs is 1. The summed E-state index contributed by atoms with van der Waals surface area (Å²) in [6.45, 7) is 3.75. The van der Waals surface area contributed by atoms with Crippen LogP contribution in [-0.2, 0) is 13.1 Å². The highest BCUT2D eigenvalue weighted by molar-refractivity contribution is 5.71. The Balaban J connectivity index is 1.93. The predicted molar refractivity (Wildman–Crippen MR) is 82.1 cm³/mol. The first-order chi connectivity index (χ1) is 10.3. The zero-order valence-corrected chi connectivity index (χ0v) is 12.0. The normalized spacial score (nSPS) is 11.0. The molecule has 5 heteroatoms. The van der Waals surface area contributed by atoms with E-state index in [-0.39, 0.29) is 0 Å². The summed E-state index contributed by atoms with van der Waals surface area (Å²) in [6.07, 6.45) is 1.78. The minimum atomic E-state index is 0.396. The van der Waals surface area contributed by atoms with Crippen LogP contribution in [0.1, 0.15) is 18.3 Å². The molecule has 3 rings (SSSR count). The Morgan fingerprint density at radius 2 is 2.00 bits per heavy atom. The maximum atomic E-state index is 5.80. The molecule has 0 saturated carbocycles. The summed E-state index contributed by atoms with van der Waals surface area (Å²) in [5.74, 6) is 1.73. The molecule has 0 spiro atoms. The first-order valence-electron chi connectivity index (χ1n) is 7.03. The Morgan fingerprint density at radius 1 is 1.19 bits per heavy atom. The van der Waals surface area contributed by atoms with Crippen molar-refractivity contribution in [1.29, 1.82) is 0 Å². The average molecular weight is 282 g/mol. The first-order valence-corrected chi connectivity index (χ1v) is 7.03. The molecule has 0 amide bonds. The number of pyridine rings is 1. The van der Waals surface area contributed by atoms with Crippen LogP contribution in [0.15, 0.2) is 42.6 Å². The minimum Gasteiger partial charge on any atom is -0.494 e. The van der Waals surface area contributed by atoms with Gasteiger partial charge in [0.2, 0.25) is 0 Å². The van der Waals surface area contributed by atoms with E-state index in [0.29, 0.717) is 19.7 Å². The molecule has 2 heterocycles.